The molecule has 0 fully saturated rings. The van der Waals surface area contributed by atoms with Crippen molar-refractivity contribution < 1.29 is 14.2 Å². The SMILES string of the molecule is COc1ccc(C(N)C(O)C(C)C)cc1F. The van der Waals surface area contributed by atoms with Crippen molar-refractivity contribution in [1.29, 1.82) is 0 Å². The second-order valence-corrected chi connectivity index (χ2v) is 4.15. The van der Waals surface area contributed by atoms with Crippen molar-refractivity contribution in [2.45, 2.75) is 26.0 Å². The number of ether oxygens (including phenoxy) is 1. The highest BCUT2D eigenvalue weighted by Crippen LogP contribution is 2.24. The molecule has 3 nitrogen and oxygen atoms in total. The van der Waals surface area contributed by atoms with Gasteiger partial charge in [0.25, 0.3) is 0 Å². The van der Waals surface area contributed by atoms with Crippen LogP contribution < -0.4 is 10.5 Å². The lowest BCUT2D eigenvalue weighted by molar-refractivity contribution is 0.0978. The molecule has 1 rings (SSSR count). The van der Waals surface area contributed by atoms with Gasteiger partial charge in [-0.3, -0.25) is 0 Å². The molecule has 0 saturated heterocycles. The van der Waals surface area contributed by atoms with E-state index < -0.39 is 18.0 Å². The summed E-state index contributed by atoms with van der Waals surface area (Å²) in [7, 11) is 1.40. The minimum Gasteiger partial charge on any atom is -0.494 e. The maximum atomic E-state index is 13.4. The minimum absolute atomic E-state index is 0.0279. The van der Waals surface area contributed by atoms with Crippen LogP contribution in [0.25, 0.3) is 0 Å². The fourth-order valence-corrected chi connectivity index (χ4v) is 1.50. The number of aliphatic hydroxyl groups is 1. The van der Waals surface area contributed by atoms with E-state index in [1.54, 1.807) is 6.07 Å². The van der Waals surface area contributed by atoms with Crippen molar-refractivity contribution in [3.05, 3.63) is 29.6 Å². The van der Waals surface area contributed by atoms with Crippen LogP contribution in [0, 0.1) is 11.7 Å². The van der Waals surface area contributed by atoms with Crippen LogP contribution in [0.3, 0.4) is 0 Å². The molecule has 0 amide bonds. The van der Waals surface area contributed by atoms with E-state index in [2.05, 4.69) is 0 Å². The normalized spacial score (nSPS) is 14.9. The highest BCUT2D eigenvalue weighted by Gasteiger charge is 2.21. The van der Waals surface area contributed by atoms with Gasteiger partial charge >= 0.3 is 0 Å². The molecule has 0 aliphatic carbocycles. The first-order valence-electron chi connectivity index (χ1n) is 5.24. The Kier molecular flexibility index (Phi) is 4.26. The summed E-state index contributed by atoms with van der Waals surface area (Å²) < 4.78 is 18.2. The van der Waals surface area contributed by atoms with E-state index in [0.717, 1.165) is 0 Å². The van der Waals surface area contributed by atoms with Crippen LogP contribution in [0.4, 0.5) is 4.39 Å². The van der Waals surface area contributed by atoms with Crippen LogP contribution in [-0.2, 0) is 0 Å². The Labute approximate surface area is 95.0 Å². The number of nitrogens with two attached hydrogens (primary N) is 1. The van der Waals surface area contributed by atoms with Crippen LogP contribution >= 0.6 is 0 Å². The summed E-state index contributed by atoms with van der Waals surface area (Å²) in [4.78, 5) is 0. The van der Waals surface area contributed by atoms with E-state index in [1.807, 2.05) is 13.8 Å². The maximum Gasteiger partial charge on any atom is 0.165 e. The molecule has 0 heterocycles. The number of rotatable bonds is 4. The molecule has 1 aromatic rings. The van der Waals surface area contributed by atoms with E-state index >= 15 is 0 Å². The van der Waals surface area contributed by atoms with Crippen LogP contribution in [0.1, 0.15) is 25.5 Å². The molecule has 2 unspecified atom stereocenters. The lowest BCUT2D eigenvalue weighted by Gasteiger charge is -2.22. The Morgan fingerprint density at radius 1 is 1.38 bits per heavy atom. The molecule has 0 aliphatic rings. The number of methoxy groups -OCH3 is 1. The number of hydrogen-bond donors (Lipinski definition) is 2. The van der Waals surface area contributed by atoms with Crippen LogP contribution in [0.15, 0.2) is 18.2 Å². The van der Waals surface area contributed by atoms with Gasteiger partial charge in [-0.1, -0.05) is 19.9 Å². The van der Waals surface area contributed by atoms with Gasteiger partial charge in [-0.25, -0.2) is 4.39 Å². The van der Waals surface area contributed by atoms with Gasteiger partial charge in [0, 0.05) is 0 Å². The lowest BCUT2D eigenvalue weighted by atomic mass is 9.94. The first kappa shape index (κ1) is 12.9. The van der Waals surface area contributed by atoms with Crippen molar-refractivity contribution in [2.24, 2.45) is 11.7 Å². The lowest BCUT2D eigenvalue weighted by Crippen LogP contribution is -2.30. The molecule has 0 aliphatic heterocycles. The molecular weight excluding hydrogens is 209 g/mol. The van der Waals surface area contributed by atoms with Gasteiger partial charge in [0.15, 0.2) is 11.6 Å². The summed E-state index contributed by atoms with van der Waals surface area (Å²) in [6.07, 6.45) is -0.687. The smallest absolute Gasteiger partial charge is 0.165 e. The highest BCUT2D eigenvalue weighted by atomic mass is 19.1. The predicted molar refractivity (Wildman–Crippen MR) is 60.7 cm³/mol. The summed E-state index contributed by atoms with van der Waals surface area (Å²) in [6, 6.07) is 3.89. The first-order valence-corrected chi connectivity index (χ1v) is 5.24. The quantitative estimate of drug-likeness (QED) is 0.825. The maximum absolute atomic E-state index is 13.4. The molecule has 0 aromatic heterocycles. The molecule has 0 radical (unpaired) electrons. The van der Waals surface area contributed by atoms with Crippen LogP contribution in [-0.4, -0.2) is 18.3 Å². The van der Waals surface area contributed by atoms with Crippen LogP contribution in [0.2, 0.25) is 0 Å². The minimum atomic E-state index is -0.687. The molecule has 3 N–H and O–H groups in total. The third kappa shape index (κ3) is 2.71. The first-order chi connectivity index (χ1) is 7.47. The summed E-state index contributed by atoms with van der Waals surface area (Å²) in [5, 5.41) is 9.79. The van der Waals surface area contributed by atoms with Crippen molar-refractivity contribution in [2.75, 3.05) is 7.11 Å². The van der Waals surface area contributed by atoms with Crippen molar-refractivity contribution in [1.82, 2.24) is 0 Å². The van der Waals surface area contributed by atoms with Gasteiger partial charge in [-0.2, -0.15) is 0 Å². The number of benzene rings is 1. The Bertz CT molecular complexity index is 355. The second kappa shape index (κ2) is 5.27. The zero-order valence-corrected chi connectivity index (χ0v) is 9.77. The van der Waals surface area contributed by atoms with Gasteiger partial charge in [-0.05, 0) is 23.6 Å². The molecule has 4 heteroatoms. The molecule has 90 valence electrons. The average Bonchev–Trinajstić information content (AvgIpc) is 2.26. The van der Waals surface area contributed by atoms with Gasteiger partial charge in [0.2, 0.25) is 0 Å². The molecule has 1 aromatic carbocycles. The predicted octanol–water partition coefficient (Wildman–Crippen LogP) is 1.85. The Morgan fingerprint density at radius 3 is 2.44 bits per heavy atom. The zero-order valence-electron chi connectivity index (χ0n) is 9.77. The highest BCUT2D eigenvalue weighted by molar-refractivity contribution is 5.31. The monoisotopic (exact) mass is 227 g/mol. The number of aliphatic hydroxyl groups excluding tert-OH is 1. The van der Waals surface area contributed by atoms with E-state index in [4.69, 9.17) is 10.5 Å². The third-order valence-electron chi connectivity index (χ3n) is 2.61. The Morgan fingerprint density at radius 2 is 2.00 bits per heavy atom. The second-order valence-electron chi connectivity index (χ2n) is 4.15. The Hall–Kier alpha value is -1.13. The molecule has 0 spiro atoms. The molecule has 16 heavy (non-hydrogen) atoms. The summed E-state index contributed by atoms with van der Waals surface area (Å²) in [6.45, 7) is 3.73. The van der Waals surface area contributed by atoms with E-state index in [0.29, 0.717) is 5.56 Å². The fourth-order valence-electron chi connectivity index (χ4n) is 1.50. The largest absolute Gasteiger partial charge is 0.494 e. The molecule has 0 saturated carbocycles. The fraction of sp³-hybridized carbons (Fsp3) is 0.500. The molecule has 0 bridgehead atoms. The van der Waals surface area contributed by atoms with Crippen molar-refractivity contribution >= 4 is 0 Å². The summed E-state index contributed by atoms with van der Waals surface area (Å²) >= 11 is 0. The van der Waals surface area contributed by atoms with Gasteiger partial charge in [0.05, 0.1) is 19.3 Å². The standard InChI is InChI=1S/C12H18FNO2/c1-7(2)12(15)11(14)8-4-5-10(16-3)9(13)6-8/h4-7,11-12,15H,14H2,1-3H3. The van der Waals surface area contributed by atoms with Crippen molar-refractivity contribution in [3.63, 3.8) is 0 Å². The number of halogens is 1. The zero-order chi connectivity index (χ0) is 12.3. The van der Waals surface area contributed by atoms with Gasteiger partial charge in [0.1, 0.15) is 0 Å². The Balaban J connectivity index is 2.92. The molecule has 2 atom stereocenters. The van der Waals surface area contributed by atoms with E-state index in [-0.39, 0.29) is 11.7 Å². The molecular formula is C12H18FNO2. The van der Waals surface area contributed by atoms with E-state index in [9.17, 15) is 9.50 Å². The van der Waals surface area contributed by atoms with Crippen LogP contribution in [0.5, 0.6) is 5.75 Å². The topological polar surface area (TPSA) is 55.5 Å². The summed E-state index contributed by atoms with van der Waals surface area (Å²) in [5.74, 6) is -0.262. The van der Waals surface area contributed by atoms with E-state index in [1.165, 1.54) is 19.2 Å². The van der Waals surface area contributed by atoms with Gasteiger partial charge < -0.3 is 15.6 Å². The summed E-state index contributed by atoms with van der Waals surface area (Å²) in [5.41, 5.74) is 6.41. The average molecular weight is 227 g/mol. The van der Waals surface area contributed by atoms with Gasteiger partial charge in [-0.15, -0.1) is 0 Å². The number of hydrogen-bond acceptors (Lipinski definition) is 3. The third-order valence-corrected chi connectivity index (χ3v) is 2.61. The van der Waals surface area contributed by atoms with Crippen molar-refractivity contribution in [3.8, 4) is 5.75 Å².